The summed E-state index contributed by atoms with van der Waals surface area (Å²) < 4.78 is 25.5. The van der Waals surface area contributed by atoms with Crippen molar-refractivity contribution in [1.82, 2.24) is 14.1 Å². The van der Waals surface area contributed by atoms with Crippen LogP contribution >= 0.6 is 0 Å². The maximum atomic E-state index is 13.3. The molecular formula is C20H29N3O4S. The van der Waals surface area contributed by atoms with Crippen molar-refractivity contribution < 1.29 is 18.0 Å². The van der Waals surface area contributed by atoms with Crippen molar-refractivity contribution in [3.05, 3.63) is 35.4 Å². The first-order chi connectivity index (χ1) is 13.0. The fourth-order valence-corrected chi connectivity index (χ4v) is 5.77. The second-order valence-electron chi connectivity index (χ2n) is 8.45. The van der Waals surface area contributed by atoms with Gasteiger partial charge >= 0.3 is 0 Å². The Morgan fingerprint density at radius 1 is 1.29 bits per heavy atom. The van der Waals surface area contributed by atoms with Gasteiger partial charge in [-0.15, -0.1) is 0 Å². The predicted molar refractivity (Wildman–Crippen MR) is 107 cm³/mol. The zero-order valence-electron chi connectivity index (χ0n) is 17.1. The van der Waals surface area contributed by atoms with Crippen molar-refractivity contribution in [3.63, 3.8) is 0 Å². The number of rotatable bonds is 5. The molecule has 1 aromatic carbocycles. The third-order valence-corrected chi connectivity index (χ3v) is 6.77. The van der Waals surface area contributed by atoms with E-state index in [1.165, 1.54) is 0 Å². The molecule has 0 spiro atoms. The molecule has 0 N–H and O–H groups in total. The first kappa shape index (κ1) is 20.8. The van der Waals surface area contributed by atoms with Crippen molar-refractivity contribution in [3.8, 4) is 0 Å². The van der Waals surface area contributed by atoms with Gasteiger partial charge in [-0.2, -0.15) is 0 Å². The van der Waals surface area contributed by atoms with Crippen molar-refractivity contribution in [2.45, 2.75) is 38.9 Å². The maximum Gasteiger partial charge on any atom is 0.254 e. The van der Waals surface area contributed by atoms with E-state index in [0.717, 1.165) is 22.7 Å². The first-order valence-electron chi connectivity index (χ1n) is 9.60. The van der Waals surface area contributed by atoms with E-state index in [4.69, 9.17) is 0 Å². The number of amides is 2. The van der Waals surface area contributed by atoms with Crippen LogP contribution in [0.1, 0.15) is 36.2 Å². The van der Waals surface area contributed by atoms with Gasteiger partial charge in [-0.3, -0.25) is 9.59 Å². The molecule has 7 nitrogen and oxygen atoms in total. The molecule has 8 heteroatoms. The lowest BCUT2D eigenvalue weighted by Gasteiger charge is -2.29. The van der Waals surface area contributed by atoms with Crippen LogP contribution < -0.4 is 0 Å². The van der Waals surface area contributed by atoms with Crippen LogP contribution in [0.25, 0.3) is 0 Å². The molecule has 0 aromatic heterocycles. The summed E-state index contributed by atoms with van der Waals surface area (Å²) in [6.07, 6.45) is 1.55. The van der Waals surface area contributed by atoms with Gasteiger partial charge in [0.2, 0.25) is 15.9 Å². The summed E-state index contributed by atoms with van der Waals surface area (Å²) in [7, 11) is 0.272. The van der Waals surface area contributed by atoms with Crippen LogP contribution in [0.3, 0.4) is 0 Å². The molecule has 2 heterocycles. The van der Waals surface area contributed by atoms with E-state index in [1.54, 1.807) is 11.0 Å². The fourth-order valence-electron chi connectivity index (χ4n) is 4.60. The van der Waals surface area contributed by atoms with Gasteiger partial charge in [0.15, 0.2) is 0 Å². The van der Waals surface area contributed by atoms with Gasteiger partial charge in [-0.25, -0.2) is 12.7 Å². The third kappa shape index (κ3) is 3.67. The minimum absolute atomic E-state index is 0.0553. The Hall–Kier alpha value is -1.93. The number of fused-ring (bicyclic) bond motifs is 1. The summed E-state index contributed by atoms with van der Waals surface area (Å²) in [5.41, 5.74) is 1.61. The number of nitrogens with zero attached hydrogens (tertiary/aromatic N) is 3. The van der Waals surface area contributed by atoms with E-state index >= 15 is 0 Å². The van der Waals surface area contributed by atoms with Crippen LogP contribution in [0.4, 0.5) is 0 Å². The van der Waals surface area contributed by atoms with E-state index < -0.39 is 28.0 Å². The Morgan fingerprint density at radius 2 is 1.96 bits per heavy atom. The Balaban J connectivity index is 1.94. The predicted octanol–water partition coefficient (Wildman–Crippen LogP) is 1.41. The SMILES string of the molecule is CC(C)[C@H]1C(=O)N(S(C)(=O)=O)[C@H]2CCN(C(=O)c3cccc(CN(C)C)c3)[C@H]12. The van der Waals surface area contributed by atoms with Crippen LogP contribution in [0.2, 0.25) is 0 Å². The molecule has 2 amide bonds. The average molecular weight is 408 g/mol. The molecule has 0 bridgehead atoms. The molecular weight excluding hydrogens is 378 g/mol. The topological polar surface area (TPSA) is 78.0 Å². The fraction of sp³-hybridized carbons (Fsp3) is 0.600. The number of carbonyl (C=O) groups excluding carboxylic acids is 2. The van der Waals surface area contributed by atoms with Gasteiger partial charge in [0.25, 0.3) is 5.91 Å². The van der Waals surface area contributed by atoms with Crippen LogP contribution in [0.5, 0.6) is 0 Å². The summed E-state index contributed by atoms with van der Waals surface area (Å²) in [5.74, 6) is -1.08. The van der Waals surface area contributed by atoms with Gasteiger partial charge in [-0.1, -0.05) is 26.0 Å². The molecule has 2 aliphatic rings. The normalized spacial score (nSPS) is 25.1. The number of carbonyl (C=O) groups is 2. The molecule has 1 aromatic rings. The molecule has 2 aliphatic heterocycles. The summed E-state index contributed by atoms with van der Waals surface area (Å²) in [6, 6.07) is 6.62. The highest BCUT2D eigenvalue weighted by atomic mass is 32.2. The second kappa shape index (κ2) is 7.48. The summed E-state index contributed by atoms with van der Waals surface area (Å²) in [4.78, 5) is 29.9. The lowest BCUT2D eigenvalue weighted by Crippen LogP contribution is -2.44. The molecule has 0 saturated carbocycles. The van der Waals surface area contributed by atoms with E-state index in [2.05, 4.69) is 0 Å². The molecule has 28 heavy (non-hydrogen) atoms. The van der Waals surface area contributed by atoms with Crippen LogP contribution in [0, 0.1) is 11.8 Å². The average Bonchev–Trinajstić information content (AvgIpc) is 3.09. The van der Waals surface area contributed by atoms with Gasteiger partial charge in [0.05, 0.1) is 24.3 Å². The summed E-state index contributed by atoms with van der Waals surface area (Å²) >= 11 is 0. The summed E-state index contributed by atoms with van der Waals surface area (Å²) in [5, 5.41) is 0. The highest BCUT2D eigenvalue weighted by molar-refractivity contribution is 7.88. The van der Waals surface area contributed by atoms with Gasteiger partial charge < -0.3 is 9.80 Å². The maximum absolute atomic E-state index is 13.3. The number of hydrogen-bond acceptors (Lipinski definition) is 5. The van der Waals surface area contributed by atoms with E-state index in [-0.39, 0.29) is 17.7 Å². The zero-order valence-corrected chi connectivity index (χ0v) is 17.9. The highest BCUT2D eigenvalue weighted by Gasteiger charge is 2.58. The molecule has 0 unspecified atom stereocenters. The molecule has 0 aliphatic carbocycles. The van der Waals surface area contributed by atoms with E-state index in [0.29, 0.717) is 18.5 Å². The number of likely N-dealkylation sites (tertiary alicyclic amines) is 1. The number of sulfonamides is 1. The number of hydrogen-bond donors (Lipinski definition) is 0. The second-order valence-corrected chi connectivity index (χ2v) is 10.3. The van der Waals surface area contributed by atoms with E-state index in [9.17, 15) is 18.0 Å². The van der Waals surface area contributed by atoms with E-state index in [1.807, 2.05) is 51.0 Å². The molecule has 3 atom stereocenters. The first-order valence-corrected chi connectivity index (χ1v) is 11.4. The Bertz CT molecular complexity index is 881. The largest absolute Gasteiger partial charge is 0.333 e. The van der Waals surface area contributed by atoms with Crippen molar-refractivity contribution in [2.24, 2.45) is 11.8 Å². The molecule has 3 rings (SSSR count). The van der Waals surface area contributed by atoms with Crippen LogP contribution in [-0.2, 0) is 21.4 Å². The molecule has 2 fully saturated rings. The van der Waals surface area contributed by atoms with Crippen molar-refractivity contribution in [2.75, 3.05) is 26.9 Å². The monoisotopic (exact) mass is 407 g/mol. The molecule has 154 valence electrons. The smallest absolute Gasteiger partial charge is 0.254 e. The molecule has 2 saturated heterocycles. The minimum atomic E-state index is -3.67. The van der Waals surface area contributed by atoms with Crippen molar-refractivity contribution >= 4 is 21.8 Å². The third-order valence-electron chi connectivity index (χ3n) is 5.60. The summed E-state index contributed by atoms with van der Waals surface area (Å²) in [6.45, 7) is 4.99. The van der Waals surface area contributed by atoms with Crippen LogP contribution in [0.15, 0.2) is 24.3 Å². The standard InChI is InChI=1S/C20H29N3O4S/c1-13(2)17-18-16(23(20(17)25)28(5,26)27)9-10-22(18)19(24)15-8-6-7-14(11-15)12-21(3)4/h6-8,11,13,16-18H,9-10,12H2,1-5H3/t16-,17+,18-/m0/s1. The Morgan fingerprint density at radius 3 is 2.54 bits per heavy atom. The molecule has 0 radical (unpaired) electrons. The van der Waals surface area contributed by atoms with Gasteiger partial charge in [0, 0.05) is 18.7 Å². The van der Waals surface area contributed by atoms with Gasteiger partial charge in [-0.05, 0) is 44.1 Å². The van der Waals surface area contributed by atoms with Gasteiger partial charge in [0.1, 0.15) is 0 Å². The zero-order chi connectivity index (χ0) is 20.8. The lowest BCUT2D eigenvalue weighted by molar-refractivity contribution is -0.129. The quantitative estimate of drug-likeness (QED) is 0.737. The Kier molecular flexibility index (Phi) is 5.55. The highest BCUT2D eigenvalue weighted by Crippen LogP contribution is 2.41. The Labute approximate surface area is 167 Å². The lowest BCUT2D eigenvalue weighted by atomic mass is 9.88. The van der Waals surface area contributed by atoms with Crippen LogP contribution in [-0.4, -0.2) is 73.3 Å². The number of benzene rings is 1. The minimum Gasteiger partial charge on any atom is -0.333 e. The van der Waals surface area contributed by atoms with Crippen molar-refractivity contribution in [1.29, 1.82) is 0 Å².